The Kier molecular flexibility index (Phi) is 3.25. The van der Waals surface area contributed by atoms with E-state index >= 15 is 0 Å². The summed E-state index contributed by atoms with van der Waals surface area (Å²) in [5.74, 6) is 0. The normalized spacial score (nSPS) is 19.9. The van der Waals surface area contributed by atoms with E-state index in [9.17, 15) is 5.11 Å². The lowest BCUT2D eigenvalue weighted by Crippen LogP contribution is -2.42. The van der Waals surface area contributed by atoms with E-state index in [2.05, 4.69) is 9.88 Å². The molecule has 3 heterocycles. The van der Waals surface area contributed by atoms with Crippen molar-refractivity contribution < 1.29 is 5.11 Å². The van der Waals surface area contributed by atoms with Gasteiger partial charge in [0.05, 0.1) is 16.3 Å². The third kappa shape index (κ3) is 2.91. The summed E-state index contributed by atoms with van der Waals surface area (Å²) >= 11 is 5.96. The molecule has 2 aromatic heterocycles. The van der Waals surface area contributed by atoms with E-state index < -0.39 is 5.60 Å². The van der Waals surface area contributed by atoms with E-state index in [1.54, 1.807) is 0 Å². The Morgan fingerprint density at radius 3 is 2.79 bits per heavy atom. The van der Waals surface area contributed by atoms with Crippen LogP contribution in [0.15, 0.2) is 24.5 Å². The van der Waals surface area contributed by atoms with Gasteiger partial charge in [0.1, 0.15) is 5.65 Å². The van der Waals surface area contributed by atoms with Gasteiger partial charge in [-0.15, -0.1) is 0 Å². The zero-order valence-corrected chi connectivity index (χ0v) is 11.8. The molecule has 3 rings (SSSR count). The predicted molar refractivity (Wildman–Crippen MR) is 75.3 cm³/mol. The molecule has 1 fully saturated rings. The van der Waals surface area contributed by atoms with Crippen molar-refractivity contribution in [3.05, 3.63) is 35.2 Å². The van der Waals surface area contributed by atoms with Crippen LogP contribution >= 0.6 is 11.6 Å². The molecule has 1 N–H and O–H groups in total. The molecule has 2 aromatic rings. The molecule has 0 saturated carbocycles. The molecule has 5 heteroatoms. The maximum Gasteiger partial charge on any atom is 0.137 e. The number of aliphatic hydroxyl groups is 1. The lowest BCUT2D eigenvalue weighted by molar-refractivity contribution is -0.00754. The number of pyridine rings is 1. The molecule has 0 radical (unpaired) electrons. The fourth-order valence-corrected chi connectivity index (χ4v) is 2.68. The zero-order valence-electron chi connectivity index (χ0n) is 11.0. The summed E-state index contributed by atoms with van der Waals surface area (Å²) < 4.78 is 1.96. The highest BCUT2D eigenvalue weighted by molar-refractivity contribution is 6.30. The highest BCUT2D eigenvalue weighted by Crippen LogP contribution is 2.22. The third-order valence-corrected chi connectivity index (χ3v) is 4.01. The van der Waals surface area contributed by atoms with Crippen LogP contribution in [0.5, 0.6) is 0 Å². The van der Waals surface area contributed by atoms with Gasteiger partial charge in [0, 0.05) is 32.0 Å². The van der Waals surface area contributed by atoms with Crippen LogP contribution < -0.4 is 0 Å². The molecule has 4 nitrogen and oxygen atoms in total. The van der Waals surface area contributed by atoms with Crippen molar-refractivity contribution in [1.82, 2.24) is 14.3 Å². The van der Waals surface area contributed by atoms with Gasteiger partial charge in [-0.05, 0) is 31.9 Å². The van der Waals surface area contributed by atoms with Crippen LogP contribution in [-0.4, -0.2) is 38.1 Å². The highest BCUT2D eigenvalue weighted by Gasteiger charge is 2.27. The number of fused-ring (bicyclic) bond motifs is 1. The Labute approximate surface area is 117 Å². The number of rotatable bonds is 2. The quantitative estimate of drug-likeness (QED) is 0.917. The van der Waals surface area contributed by atoms with Gasteiger partial charge >= 0.3 is 0 Å². The number of piperidine rings is 1. The van der Waals surface area contributed by atoms with Crippen molar-refractivity contribution >= 4 is 17.2 Å². The van der Waals surface area contributed by atoms with Crippen molar-refractivity contribution in [2.75, 3.05) is 13.1 Å². The minimum Gasteiger partial charge on any atom is -0.390 e. The van der Waals surface area contributed by atoms with Gasteiger partial charge in [-0.25, -0.2) is 4.98 Å². The van der Waals surface area contributed by atoms with E-state index in [1.807, 2.05) is 35.9 Å². The van der Waals surface area contributed by atoms with Crippen LogP contribution in [-0.2, 0) is 6.54 Å². The van der Waals surface area contributed by atoms with Gasteiger partial charge in [0.15, 0.2) is 0 Å². The number of hydrogen-bond donors (Lipinski definition) is 1. The Balaban J connectivity index is 1.72. The lowest BCUT2D eigenvalue weighted by atomic mass is 9.94. The Morgan fingerprint density at radius 2 is 2.05 bits per heavy atom. The van der Waals surface area contributed by atoms with Crippen LogP contribution in [0, 0.1) is 0 Å². The molecule has 0 aromatic carbocycles. The highest BCUT2D eigenvalue weighted by atomic mass is 35.5. The number of hydrogen-bond acceptors (Lipinski definition) is 3. The van der Waals surface area contributed by atoms with Crippen molar-refractivity contribution in [2.24, 2.45) is 0 Å². The van der Waals surface area contributed by atoms with Crippen molar-refractivity contribution in [3.63, 3.8) is 0 Å². The van der Waals surface area contributed by atoms with Gasteiger partial charge in [-0.3, -0.25) is 4.90 Å². The van der Waals surface area contributed by atoms with Crippen molar-refractivity contribution in [3.8, 4) is 0 Å². The number of imidazole rings is 1. The summed E-state index contributed by atoms with van der Waals surface area (Å²) in [6.07, 6.45) is 5.54. The van der Waals surface area contributed by atoms with Crippen LogP contribution in [0.4, 0.5) is 0 Å². The van der Waals surface area contributed by atoms with Gasteiger partial charge in [0.25, 0.3) is 0 Å². The van der Waals surface area contributed by atoms with Crippen molar-refractivity contribution in [1.29, 1.82) is 0 Å². The van der Waals surface area contributed by atoms with Crippen LogP contribution in [0.2, 0.25) is 5.02 Å². The predicted octanol–water partition coefficient (Wildman–Crippen LogP) is 2.33. The molecule has 1 saturated heterocycles. The second-order valence-corrected chi connectivity index (χ2v) is 6.05. The number of halogens is 1. The summed E-state index contributed by atoms with van der Waals surface area (Å²) in [5, 5.41) is 10.7. The standard InChI is InChI=1S/C14H18ClN3O/c1-14(19)4-6-17(7-5-14)9-12-10-18-8-11(15)2-3-13(18)16-12/h2-3,8,10,19H,4-7,9H2,1H3. The Morgan fingerprint density at radius 1 is 1.32 bits per heavy atom. The molecule has 0 amide bonds. The van der Waals surface area contributed by atoms with E-state index in [1.165, 1.54) is 0 Å². The number of aromatic nitrogens is 2. The summed E-state index contributed by atoms with van der Waals surface area (Å²) in [5.41, 5.74) is 1.47. The summed E-state index contributed by atoms with van der Waals surface area (Å²) in [6.45, 7) is 4.58. The third-order valence-electron chi connectivity index (χ3n) is 3.78. The average Bonchev–Trinajstić information content (AvgIpc) is 2.73. The smallest absolute Gasteiger partial charge is 0.137 e. The second kappa shape index (κ2) is 4.78. The molecule has 1 aliphatic rings. The van der Waals surface area contributed by atoms with E-state index in [-0.39, 0.29) is 0 Å². The monoisotopic (exact) mass is 279 g/mol. The SMILES string of the molecule is CC1(O)CCN(Cc2cn3cc(Cl)ccc3n2)CC1. The molecule has 102 valence electrons. The molecular weight excluding hydrogens is 262 g/mol. The summed E-state index contributed by atoms with van der Waals surface area (Å²) in [4.78, 5) is 6.92. The van der Waals surface area contributed by atoms with E-state index in [0.717, 1.165) is 43.8 Å². The second-order valence-electron chi connectivity index (χ2n) is 5.62. The molecule has 0 aliphatic carbocycles. The average molecular weight is 280 g/mol. The maximum atomic E-state index is 9.94. The zero-order chi connectivity index (χ0) is 13.5. The van der Waals surface area contributed by atoms with Crippen LogP contribution in [0.3, 0.4) is 0 Å². The lowest BCUT2D eigenvalue weighted by Gasteiger charge is -2.35. The summed E-state index contributed by atoms with van der Waals surface area (Å²) in [6, 6.07) is 3.78. The largest absolute Gasteiger partial charge is 0.390 e. The first-order chi connectivity index (χ1) is 9.02. The fraction of sp³-hybridized carbons (Fsp3) is 0.500. The number of nitrogens with zero attached hydrogens (tertiary/aromatic N) is 3. The molecule has 0 spiro atoms. The Hall–Kier alpha value is -1.10. The molecule has 0 bridgehead atoms. The molecule has 0 unspecified atom stereocenters. The number of likely N-dealkylation sites (tertiary alicyclic amines) is 1. The van der Waals surface area contributed by atoms with Crippen LogP contribution in [0.25, 0.3) is 5.65 Å². The molecule has 1 aliphatic heterocycles. The maximum absolute atomic E-state index is 9.94. The van der Waals surface area contributed by atoms with Gasteiger partial charge in [-0.1, -0.05) is 11.6 Å². The van der Waals surface area contributed by atoms with Crippen LogP contribution in [0.1, 0.15) is 25.5 Å². The molecule has 0 atom stereocenters. The van der Waals surface area contributed by atoms with Gasteiger partial charge in [-0.2, -0.15) is 0 Å². The topological polar surface area (TPSA) is 40.8 Å². The molecular formula is C14H18ClN3O. The Bertz CT molecular complexity index is 583. The van der Waals surface area contributed by atoms with Crippen molar-refractivity contribution in [2.45, 2.75) is 31.9 Å². The fourth-order valence-electron chi connectivity index (χ4n) is 2.52. The minimum absolute atomic E-state index is 0.497. The summed E-state index contributed by atoms with van der Waals surface area (Å²) in [7, 11) is 0. The van der Waals surface area contributed by atoms with Gasteiger partial charge < -0.3 is 9.51 Å². The molecule has 19 heavy (non-hydrogen) atoms. The first-order valence-electron chi connectivity index (χ1n) is 6.60. The minimum atomic E-state index is -0.497. The van der Waals surface area contributed by atoms with Gasteiger partial charge in [0.2, 0.25) is 0 Å². The first-order valence-corrected chi connectivity index (χ1v) is 6.98. The van der Waals surface area contributed by atoms with E-state index in [0.29, 0.717) is 5.02 Å². The van der Waals surface area contributed by atoms with E-state index in [4.69, 9.17) is 11.6 Å². The first kappa shape index (κ1) is 12.9.